The average molecular weight is 458 g/mol. The molecule has 0 aliphatic heterocycles. The van der Waals surface area contributed by atoms with Crippen LogP contribution in [-0.2, 0) is 23.8 Å². The Morgan fingerprint density at radius 2 is 1.38 bits per heavy atom. The summed E-state index contributed by atoms with van der Waals surface area (Å²) >= 11 is 0. The molecular weight excluding hydrogens is 436 g/mol. The van der Waals surface area contributed by atoms with E-state index in [1.54, 1.807) is 32.0 Å². The van der Waals surface area contributed by atoms with Crippen LogP contribution in [-0.4, -0.2) is 31.1 Å². The van der Waals surface area contributed by atoms with E-state index in [0.717, 1.165) is 0 Å². The quantitative estimate of drug-likeness (QED) is 0.238. The van der Waals surface area contributed by atoms with Gasteiger partial charge in [-0.05, 0) is 44.2 Å². The fourth-order valence-corrected chi connectivity index (χ4v) is 2.87. The third-order valence-corrected chi connectivity index (χ3v) is 4.43. The van der Waals surface area contributed by atoms with Gasteiger partial charge in [0.25, 0.3) is 0 Å². The minimum atomic E-state index is -0.849. The van der Waals surface area contributed by atoms with Crippen LogP contribution in [0, 0.1) is 22.7 Å². The first kappa shape index (κ1) is 25.6. The molecule has 0 unspecified atom stereocenters. The summed E-state index contributed by atoms with van der Waals surface area (Å²) in [4.78, 5) is 38.0. The van der Waals surface area contributed by atoms with Crippen molar-refractivity contribution in [3.8, 4) is 12.1 Å². The fourth-order valence-electron chi connectivity index (χ4n) is 2.87. The second kappa shape index (κ2) is 12.4. The van der Waals surface area contributed by atoms with Crippen LogP contribution < -0.4 is 0 Å². The van der Waals surface area contributed by atoms with Gasteiger partial charge in [-0.15, -0.1) is 0 Å². The number of ether oxygens (including phenoxy) is 3. The van der Waals surface area contributed by atoms with Crippen LogP contribution in [0.2, 0.25) is 0 Å². The second-order valence-electron chi connectivity index (χ2n) is 6.80. The molecule has 0 bridgehead atoms. The van der Waals surface area contributed by atoms with Crippen molar-refractivity contribution < 1.29 is 28.6 Å². The van der Waals surface area contributed by atoms with Crippen LogP contribution in [0.5, 0.6) is 0 Å². The molecule has 0 aromatic heterocycles. The number of carbonyl (C=O) groups excluding carboxylic acids is 3. The Morgan fingerprint density at radius 3 is 1.94 bits per heavy atom. The smallest absolute Gasteiger partial charge is 0.343 e. The van der Waals surface area contributed by atoms with Crippen LogP contribution in [0.1, 0.15) is 47.3 Å². The lowest BCUT2D eigenvalue weighted by atomic mass is 10.00. The number of hydrogen-bond acceptors (Lipinski definition) is 8. The normalized spacial score (nSPS) is 10.7. The molecule has 0 aliphatic carbocycles. The van der Waals surface area contributed by atoms with E-state index in [-0.39, 0.29) is 58.8 Å². The summed E-state index contributed by atoms with van der Waals surface area (Å²) in [7, 11) is 0. The van der Waals surface area contributed by atoms with Crippen molar-refractivity contribution in [2.75, 3.05) is 13.2 Å². The van der Waals surface area contributed by atoms with Crippen LogP contribution in [0.15, 0.2) is 66.3 Å². The number of carbonyl (C=O) groups is 3. The van der Waals surface area contributed by atoms with Gasteiger partial charge in [-0.3, -0.25) is 0 Å². The van der Waals surface area contributed by atoms with E-state index in [4.69, 9.17) is 19.5 Å². The molecule has 0 amide bonds. The Labute approximate surface area is 197 Å². The van der Waals surface area contributed by atoms with Crippen LogP contribution >= 0.6 is 0 Å². The third-order valence-electron chi connectivity index (χ3n) is 4.43. The maximum Gasteiger partial charge on any atom is 0.343 e. The van der Waals surface area contributed by atoms with E-state index in [2.05, 4.69) is 6.58 Å². The molecule has 0 aliphatic rings. The fraction of sp³-hybridized carbons (Fsp3) is 0.192. The first-order valence-corrected chi connectivity index (χ1v) is 10.3. The van der Waals surface area contributed by atoms with Gasteiger partial charge in [0.1, 0.15) is 5.76 Å². The summed E-state index contributed by atoms with van der Waals surface area (Å²) < 4.78 is 15.7. The molecule has 2 rings (SSSR count). The maximum atomic E-state index is 13.0. The lowest BCUT2D eigenvalue weighted by Gasteiger charge is -2.16. The Morgan fingerprint density at radius 1 is 0.853 bits per heavy atom. The number of rotatable bonds is 9. The molecule has 0 fully saturated rings. The maximum absolute atomic E-state index is 13.0. The Kier molecular flexibility index (Phi) is 9.31. The van der Waals surface area contributed by atoms with Crippen molar-refractivity contribution >= 4 is 23.7 Å². The van der Waals surface area contributed by atoms with E-state index in [0.29, 0.717) is 0 Å². The lowest BCUT2D eigenvalue weighted by Crippen LogP contribution is -2.17. The van der Waals surface area contributed by atoms with Crippen LogP contribution in [0.3, 0.4) is 0 Å². The molecule has 0 saturated carbocycles. The number of hydrogen-bond donors (Lipinski definition) is 0. The monoisotopic (exact) mass is 458 g/mol. The molecule has 8 heteroatoms. The van der Waals surface area contributed by atoms with E-state index < -0.39 is 17.9 Å². The summed E-state index contributed by atoms with van der Waals surface area (Å²) in [6, 6.07) is 15.8. The summed E-state index contributed by atoms with van der Waals surface area (Å²) in [5, 5.41) is 18.4. The van der Waals surface area contributed by atoms with Gasteiger partial charge >= 0.3 is 17.9 Å². The zero-order valence-electron chi connectivity index (χ0n) is 18.8. The lowest BCUT2D eigenvalue weighted by molar-refractivity contribution is -0.139. The molecule has 0 spiro atoms. The first-order chi connectivity index (χ1) is 16.3. The minimum Gasteiger partial charge on any atom is -0.463 e. The largest absolute Gasteiger partial charge is 0.463 e. The van der Waals surface area contributed by atoms with Gasteiger partial charge in [-0.25, -0.2) is 14.4 Å². The topological polar surface area (TPSA) is 126 Å². The molecular formula is C26H22N2O6. The SMILES string of the molecule is C=C(C/C(C(=O)OCC)=C(/OC(=O)c1cccc(C#N)c1)c1cccc(C#N)c1)C(=O)OCC. The standard InChI is InChI=1S/C26H22N2O6/c1-4-32-24(29)17(3)12-22(26(31)33-5-2)23(20-10-6-8-18(13-20)15-27)34-25(30)21-11-7-9-19(14-21)16-28/h6-11,13-14H,3-5,12H2,1-2H3/b23-22-. The Bertz CT molecular complexity index is 1230. The van der Waals surface area contributed by atoms with E-state index in [1.165, 1.54) is 30.3 Å². The molecule has 2 aromatic carbocycles. The van der Waals surface area contributed by atoms with Crippen molar-refractivity contribution in [2.24, 2.45) is 0 Å². The zero-order valence-corrected chi connectivity index (χ0v) is 18.8. The number of esters is 3. The van der Waals surface area contributed by atoms with Crippen LogP contribution in [0.4, 0.5) is 0 Å². The van der Waals surface area contributed by atoms with Gasteiger partial charge < -0.3 is 14.2 Å². The highest BCUT2D eigenvalue weighted by Crippen LogP contribution is 2.28. The van der Waals surface area contributed by atoms with Gasteiger partial charge in [-0.1, -0.05) is 24.8 Å². The number of benzene rings is 2. The zero-order chi connectivity index (χ0) is 25.1. The molecule has 0 atom stereocenters. The Hall–Kier alpha value is -4.69. The van der Waals surface area contributed by atoms with Crippen molar-refractivity contribution in [1.29, 1.82) is 10.5 Å². The van der Waals surface area contributed by atoms with Crippen molar-refractivity contribution in [3.63, 3.8) is 0 Å². The minimum absolute atomic E-state index is 0.0257. The summed E-state index contributed by atoms with van der Waals surface area (Å²) in [5.41, 5.74) is 0.600. The van der Waals surface area contributed by atoms with Gasteiger partial charge in [-0.2, -0.15) is 10.5 Å². The van der Waals surface area contributed by atoms with E-state index in [9.17, 15) is 19.6 Å². The highest BCUT2D eigenvalue weighted by atomic mass is 16.5. The molecule has 0 saturated heterocycles. The summed E-state index contributed by atoms with van der Waals surface area (Å²) in [6.45, 7) is 7.04. The molecule has 0 radical (unpaired) electrons. The molecule has 2 aromatic rings. The molecule has 172 valence electrons. The second-order valence-corrected chi connectivity index (χ2v) is 6.80. The van der Waals surface area contributed by atoms with Crippen molar-refractivity contribution in [1.82, 2.24) is 0 Å². The van der Waals surface area contributed by atoms with E-state index in [1.807, 2.05) is 12.1 Å². The highest BCUT2D eigenvalue weighted by molar-refractivity contribution is 6.02. The molecule has 34 heavy (non-hydrogen) atoms. The van der Waals surface area contributed by atoms with Crippen molar-refractivity contribution in [3.05, 3.63) is 88.5 Å². The summed E-state index contributed by atoms with van der Waals surface area (Å²) in [5.74, 6) is -2.60. The van der Waals surface area contributed by atoms with E-state index >= 15 is 0 Å². The number of nitriles is 2. The van der Waals surface area contributed by atoms with Gasteiger partial charge in [0, 0.05) is 17.6 Å². The predicted octanol–water partition coefficient (Wildman–Crippen LogP) is 4.07. The summed E-state index contributed by atoms with van der Waals surface area (Å²) in [6.07, 6.45) is -0.324. The highest BCUT2D eigenvalue weighted by Gasteiger charge is 2.26. The van der Waals surface area contributed by atoms with Gasteiger partial charge in [0.15, 0.2) is 0 Å². The number of nitrogens with zero attached hydrogens (tertiary/aromatic N) is 2. The Balaban J connectivity index is 2.66. The molecule has 8 nitrogen and oxygen atoms in total. The average Bonchev–Trinajstić information content (AvgIpc) is 2.86. The van der Waals surface area contributed by atoms with Gasteiger partial charge in [0.05, 0.1) is 47.6 Å². The molecule has 0 N–H and O–H groups in total. The third kappa shape index (κ3) is 6.65. The molecule has 0 heterocycles. The van der Waals surface area contributed by atoms with Gasteiger partial charge in [0.2, 0.25) is 0 Å². The van der Waals surface area contributed by atoms with Crippen molar-refractivity contribution in [2.45, 2.75) is 20.3 Å². The van der Waals surface area contributed by atoms with Crippen LogP contribution in [0.25, 0.3) is 5.76 Å². The first-order valence-electron chi connectivity index (χ1n) is 10.3. The predicted molar refractivity (Wildman–Crippen MR) is 122 cm³/mol.